The number of hydrogen-bond acceptors (Lipinski definition) is 2. The number of rotatable bonds is 8. The summed E-state index contributed by atoms with van der Waals surface area (Å²) >= 11 is 3.60. The van der Waals surface area contributed by atoms with Crippen LogP contribution in [0.25, 0.3) is 0 Å². The van der Waals surface area contributed by atoms with Gasteiger partial charge in [-0.05, 0) is 50.4 Å². The van der Waals surface area contributed by atoms with Crippen LogP contribution in [-0.4, -0.2) is 13.2 Å². The van der Waals surface area contributed by atoms with Crippen LogP contribution in [0.15, 0.2) is 22.7 Å². The third-order valence-corrected chi connectivity index (χ3v) is 4.93. The molecule has 1 unspecified atom stereocenters. The first-order valence-electron chi connectivity index (χ1n) is 8.40. The lowest BCUT2D eigenvalue weighted by Gasteiger charge is -2.23. The predicted molar refractivity (Wildman–Crippen MR) is 92.9 cm³/mol. The fraction of sp³-hybridized carbons (Fsp3) is 0.667. The molecular formula is C18H28BrNO. The first-order valence-corrected chi connectivity index (χ1v) is 9.19. The highest BCUT2D eigenvalue weighted by Crippen LogP contribution is 2.35. The topological polar surface area (TPSA) is 21.3 Å². The molecule has 1 aromatic carbocycles. The van der Waals surface area contributed by atoms with Gasteiger partial charge >= 0.3 is 0 Å². The number of halogens is 1. The van der Waals surface area contributed by atoms with Crippen molar-refractivity contribution in [3.8, 4) is 5.75 Å². The molecule has 1 atom stereocenters. The molecule has 0 saturated heterocycles. The van der Waals surface area contributed by atoms with Gasteiger partial charge in [-0.3, -0.25) is 0 Å². The summed E-state index contributed by atoms with van der Waals surface area (Å²) in [5.74, 6) is 1.96. The maximum Gasteiger partial charge on any atom is 0.124 e. The van der Waals surface area contributed by atoms with Gasteiger partial charge in [0.05, 0.1) is 6.61 Å². The van der Waals surface area contributed by atoms with E-state index in [9.17, 15) is 0 Å². The monoisotopic (exact) mass is 353 g/mol. The van der Waals surface area contributed by atoms with Crippen molar-refractivity contribution < 1.29 is 4.74 Å². The second kappa shape index (κ2) is 8.79. The van der Waals surface area contributed by atoms with E-state index >= 15 is 0 Å². The summed E-state index contributed by atoms with van der Waals surface area (Å²) in [4.78, 5) is 0. The van der Waals surface area contributed by atoms with E-state index in [4.69, 9.17) is 4.74 Å². The predicted octanol–water partition coefficient (Wildman–Crippen LogP) is 5.47. The van der Waals surface area contributed by atoms with Gasteiger partial charge < -0.3 is 10.1 Å². The zero-order chi connectivity index (χ0) is 15.1. The van der Waals surface area contributed by atoms with Crippen molar-refractivity contribution >= 4 is 15.9 Å². The number of hydrogen-bond donors (Lipinski definition) is 1. The molecule has 0 heterocycles. The van der Waals surface area contributed by atoms with Gasteiger partial charge in [-0.15, -0.1) is 0 Å². The van der Waals surface area contributed by atoms with E-state index in [1.54, 1.807) is 0 Å². The maximum absolute atomic E-state index is 5.83. The third-order valence-electron chi connectivity index (χ3n) is 4.44. The van der Waals surface area contributed by atoms with Gasteiger partial charge in [-0.25, -0.2) is 0 Å². The Balaban J connectivity index is 2.09. The van der Waals surface area contributed by atoms with Crippen molar-refractivity contribution in [1.82, 2.24) is 5.32 Å². The summed E-state index contributed by atoms with van der Waals surface area (Å²) < 4.78 is 6.96. The van der Waals surface area contributed by atoms with Crippen LogP contribution in [0.4, 0.5) is 0 Å². The van der Waals surface area contributed by atoms with Gasteiger partial charge in [-0.2, -0.15) is 0 Å². The van der Waals surface area contributed by atoms with Crippen molar-refractivity contribution in [3.63, 3.8) is 0 Å². The third kappa shape index (κ3) is 5.00. The highest BCUT2D eigenvalue weighted by Gasteiger charge is 2.20. The zero-order valence-electron chi connectivity index (χ0n) is 13.3. The van der Waals surface area contributed by atoms with Crippen LogP contribution >= 0.6 is 15.9 Å². The molecule has 0 aliphatic heterocycles. The molecule has 2 rings (SSSR count). The maximum atomic E-state index is 5.83. The Bertz CT molecular complexity index is 429. The standard InChI is InChI=1S/C18H28BrNO/c1-3-20-17(11-9-14-7-5-6-8-14)16-13-15(19)10-12-18(16)21-4-2/h10,12-14,17,20H,3-9,11H2,1-2H3. The molecule has 3 heteroatoms. The smallest absolute Gasteiger partial charge is 0.124 e. The molecule has 1 N–H and O–H groups in total. The summed E-state index contributed by atoms with van der Waals surface area (Å²) in [6.07, 6.45) is 8.24. The average molecular weight is 354 g/mol. The largest absolute Gasteiger partial charge is 0.494 e. The van der Waals surface area contributed by atoms with E-state index in [0.29, 0.717) is 6.04 Å². The van der Waals surface area contributed by atoms with Crippen molar-refractivity contribution in [2.45, 2.75) is 58.4 Å². The number of benzene rings is 1. The van der Waals surface area contributed by atoms with E-state index in [1.165, 1.54) is 44.1 Å². The second-order valence-electron chi connectivity index (χ2n) is 5.95. The summed E-state index contributed by atoms with van der Waals surface area (Å²) in [6, 6.07) is 6.76. The minimum absolute atomic E-state index is 0.398. The minimum atomic E-state index is 0.398. The van der Waals surface area contributed by atoms with E-state index in [2.05, 4.69) is 46.4 Å². The second-order valence-corrected chi connectivity index (χ2v) is 6.87. The average Bonchev–Trinajstić information content (AvgIpc) is 2.99. The molecule has 1 fully saturated rings. The first kappa shape index (κ1) is 16.8. The number of nitrogens with one attached hydrogen (secondary N) is 1. The van der Waals surface area contributed by atoms with Gasteiger partial charge in [0.15, 0.2) is 0 Å². The molecule has 0 radical (unpaired) electrons. The number of ether oxygens (including phenoxy) is 1. The minimum Gasteiger partial charge on any atom is -0.494 e. The normalized spacial score (nSPS) is 17.1. The summed E-state index contributed by atoms with van der Waals surface area (Å²) in [5, 5.41) is 3.65. The Hall–Kier alpha value is -0.540. The highest BCUT2D eigenvalue weighted by atomic mass is 79.9. The van der Waals surface area contributed by atoms with Crippen molar-refractivity contribution in [2.24, 2.45) is 5.92 Å². The Morgan fingerprint density at radius 3 is 2.71 bits per heavy atom. The van der Waals surface area contributed by atoms with Gasteiger partial charge in [0.25, 0.3) is 0 Å². The van der Waals surface area contributed by atoms with E-state index in [0.717, 1.165) is 29.3 Å². The molecule has 0 amide bonds. The molecular weight excluding hydrogens is 326 g/mol. The van der Waals surface area contributed by atoms with Gasteiger partial charge in [0.1, 0.15) is 5.75 Å². The van der Waals surface area contributed by atoms with E-state index < -0.39 is 0 Å². The highest BCUT2D eigenvalue weighted by molar-refractivity contribution is 9.10. The van der Waals surface area contributed by atoms with Gasteiger partial charge in [-0.1, -0.05) is 48.5 Å². The summed E-state index contributed by atoms with van der Waals surface area (Å²) in [5.41, 5.74) is 1.30. The quantitative estimate of drug-likeness (QED) is 0.668. The molecule has 1 saturated carbocycles. The fourth-order valence-electron chi connectivity index (χ4n) is 3.39. The Morgan fingerprint density at radius 2 is 2.05 bits per heavy atom. The Labute approximate surface area is 137 Å². The molecule has 1 aliphatic carbocycles. The van der Waals surface area contributed by atoms with Gasteiger partial charge in [0, 0.05) is 16.1 Å². The molecule has 2 nitrogen and oxygen atoms in total. The molecule has 0 spiro atoms. The van der Waals surface area contributed by atoms with Crippen molar-refractivity contribution in [1.29, 1.82) is 0 Å². The van der Waals surface area contributed by atoms with Crippen LogP contribution in [-0.2, 0) is 0 Å². The molecule has 0 aromatic heterocycles. The van der Waals surface area contributed by atoms with Gasteiger partial charge in [0.2, 0.25) is 0 Å². The van der Waals surface area contributed by atoms with Crippen LogP contribution < -0.4 is 10.1 Å². The lowest BCUT2D eigenvalue weighted by molar-refractivity contribution is 0.327. The molecule has 1 aromatic rings. The molecule has 0 bridgehead atoms. The first-order chi connectivity index (χ1) is 10.2. The lowest BCUT2D eigenvalue weighted by Crippen LogP contribution is -2.22. The van der Waals surface area contributed by atoms with E-state index in [1.807, 2.05) is 6.92 Å². The van der Waals surface area contributed by atoms with Crippen molar-refractivity contribution in [3.05, 3.63) is 28.2 Å². The van der Waals surface area contributed by atoms with E-state index in [-0.39, 0.29) is 0 Å². The molecule has 118 valence electrons. The zero-order valence-corrected chi connectivity index (χ0v) is 14.9. The summed E-state index contributed by atoms with van der Waals surface area (Å²) in [6.45, 7) is 5.94. The SMILES string of the molecule is CCNC(CCC1CCCC1)c1cc(Br)ccc1OCC. The van der Waals surface area contributed by atoms with Crippen LogP contribution in [0.5, 0.6) is 5.75 Å². The lowest BCUT2D eigenvalue weighted by atomic mass is 9.94. The molecule has 21 heavy (non-hydrogen) atoms. The van der Waals surface area contributed by atoms with Crippen LogP contribution in [0.1, 0.15) is 64.0 Å². The molecule has 1 aliphatic rings. The fourth-order valence-corrected chi connectivity index (χ4v) is 3.77. The Kier molecular flexibility index (Phi) is 7.05. The van der Waals surface area contributed by atoms with Crippen LogP contribution in [0.2, 0.25) is 0 Å². The van der Waals surface area contributed by atoms with Crippen LogP contribution in [0, 0.1) is 5.92 Å². The Morgan fingerprint density at radius 1 is 1.29 bits per heavy atom. The summed E-state index contributed by atoms with van der Waals surface area (Å²) in [7, 11) is 0. The van der Waals surface area contributed by atoms with Crippen LogP contribution in [0.3, 0.4) is 0 Å². The van der Waals surface area contributed by atoms with Crippen molar-refractivity contribution in [2.75, 3.05) is 13.2 Å².